The summed E-state index contributed by atoms with van der Waals surface area (Å²) in [6, 6.07) is 12.0. The van der Waals surface area contributed by atoms with Gasteiger partial charge in [-0.05, 0) is 13.8 Å². The van der Waals surface area contributed by atoms with Gasteiger partial charge in [-0.2, -0.15) is 0 Å². The molecular weight excluding hydrogens is 136 g/mol. The third-order valence-corrected chi connectivity index (χ3v) is 1.07. The number of hydrogen-bond donors (Lipinski definition) is 0. The third kappa shape index (κ3) is 9.18. The highest BCUT2D eigenvalue weighted by atomic mass is 16.5. The first kappa shape index (κ1) is 10.2. The molecule has 0 unspecified atom stereocenters. The predicted octanol–water partition coefficient (Wildman–Crippen LogP) is 2.73. The van der Waals surface area contributed by atoms with E-state index in [0.29, 0.717) is 0 Å². The van der Waals surface area contributed by atoms with Gasteiger partial charge in [-0.3, -0.25) is 0 Å². The van der Waals surface area contributed by atoms with Gasteiger partial charge in [-0.1, -0.05) is 36.4 Å². The summed E-state index contributed by atoms with van der Waals surface area (Å²) in [7, 11) is 0. The first-order chi connectivity index (χ1) is 5.41. The lowest BCUT2D eigenvalue weighted by atomic mass is 10.4. The molecule has 0 aliphatic heterocycles. The molecule has 1 aromatic rings. The monoisotopic (exact) mass is 152 g/mol. The highest BCUT2D eigenvalue weighted by Gasteiger charge is 1.64. The van der Waals surface area contributed by atoms with Gasteiger partial charge in [0.05, 0.1) is 0 Å². The van der Waals surface area contributed by atoms with Gasteiger partial charge in [0.25, 0.3) is 0 Å². The fourth-order valence-electron chi connectivity index (χ4n) is 0.589. The second-order valence-corrected chi connectivity index (χ2v) is 1.94. The van der Waals surface area contributed by atoms with Crippen LogP contribution in [0.25, 0.3) is 0 Å². The minimum Gasteiger partial charge on any atom is -0.382 e. The molecule has 0 saturated carbocycles. The number of hydrogen-bond acceptors (Lipinski definition) is 1. The first-order valence-electron chi connectivity index (χ1n) is 3.99. The van der Waals surface area contributed by atoms with Crippen molar-refractivity contribution in [3.63, 3.8) is 0 Å². The second kappa shape index (κ2) is 9.18. The molecule has 0 amide bonds. The van der Waals surface area contributed by atoms with Gasteiger partial charge in [0.15, 0.2) is 0 Å². The summed E-state index contributed by atoms with van der Waals surface area (Å²) in [6.45, 7) is 5.67. The van der Waals surface area contributed by atoms with E-state index in [4.69, 9.17) is 4.74 Å². The van der Waals surface area contributed by atoms with Crippen molar-refractivity contribution in [2.45, 2.75) is 13.8 Å². The fraction of sp³-hybridized carbons (Fsp3) is 0.400. The zero-order valence-electron chi connectivity index (χ0n) is 7.29. The van der Waals surface area contributed by atoms with Gasteiger partial charge in [0.2, 0.25) is 0 Å². The van der Waals surface area contributed by atoms with Crippen molar-refractivity contribution < 1.29 is 4.74 Å². The molecule has 0 atom stereocenters. The smallest absolute Gasteiger partial charge is 0.0437 e. The van der Waals surface area contributed by atoms with Gasteiger partial charge in [0.1, 0.15) is 0 Å². The average molecular weight is 152 g/mol. The standard InChI is InChI=1S/C6H6.C4H10O/c1-2-4-6-5-3-1;1-3-5-4-2/h1-6H;3-4H2,1-2H3. The molecule has 0 spiro atoms. The van der Waals surface area contributed by atoms with Crippen molar-refractivity contribution in [1.29, 1.82) is 0 Å². The largest absolute Gasteiger partial charge is 0.382 e. The lowest BCUT2D eigenvalue weighted by Gasteiger charge is -1.86. The van der Waals surface area contributed by atoms with Crippen molar-refractivity contribution in [1.82, 2.24) is 0 Å². The molecule has 0 fully saturated rings. The first-order valence-corrected chi connectivity index (χ1v) is 3.99. The zero-order valence-corrected chi connectivity index (χ0v) is 7.29. The topological polar surface area (TPSA) is 9.23 Å². The van der Waals surface area contributed by atoms with Crippen LogP contribution in [-0.4, -0.2) is 13.2 Å². The minimum absolute atomic E-state index is 0.844. The summed E-state index contributed by atoms with van der Waals surface area (Å²) in [5.41, 5.74) is 0. The molecule has 0 N–H and O–H groups in total. The van der Waals surface area contributed by atoms with Crippen LogP contribution < -0.4 is 0 Å². The Morgan fingerprint density at radius 2 is 1.00 bits per heavy atom. The second-order valence-electron chi connectivity index (χ2n) is 1.94. The van der Waals surface area contributed by atoms with E-state index in [9.17, 15) is 0 Å². The van der Waals surface area contributed by atoms with Crippen molar-refractivity contribution in [2.75, 3.05) is 13.2 Å². The van der Waals surface area contributed by atoms with Crippen LogP contribution in [-0.2, 0) is 4.74 Å². The Hall–Kier alpha value is -0.820. The van der Waals surface area contributed by atoms with E-state index in [2.05, 4.69) is 0 Å². The quantitative estimate of drug-likeness (QED) is 0.633. The van der Waals surface area contributed by atoms with E-state index in [1.54, 1.807) is 0 Å². The van der Waals surface area contributed by atoms with Gasteiger partial charge in [-0.25, -0.2) is 0 Å². The summed E-state index contributed by atoms with van der Waals surface area (Å²) in [5, 5.41) is 0. The van der Waals surface area contributed by atoms with Gasteiger partial charge >= 0.3 is 0 Å². The predicted molar refractivity (Wildman–Crippen MR) is 48.6 cm³/mol. The van der Waals surface area contributed by atoms with E-state index in [-0.39, 0.29) is 0 Å². The van der Waals surface area contributed by atoms with Crippen LogP contribution in [0, 0.1) is 0 Å². The van der Waals surface area contributed by atoms with E-state index in [1.165, 1.54) is 0 Å². The molecule has 11 heavy (non-hydrogen) atoms. The van der Waals surface area contributed by atoms with Crippen LogP contribution in [0.15, 0.2) is 36.4 Å². The Labute approximate surface area is 69.0 Å². The van der Waals surface area contributed by atoms with Gasteiger partial charge < -0.3 is 4.74 Å². The summed E-state index contributed by atoms with van der Waals surface area (Å²) in [4.78, 5) is 0. The molecule has 0 aliphatic carbocycles. The number of rotatable bonds is 2. The Bertz CT molecular complexity index is 108. The number of ether oxygens (including phenoxy) is 1. The molecule has 0 radical (unpaired) electrons. The number of benzene rings is 1. The lowest BCUT2D eigenvalue weighted by molar-refractivity contribution is 0.162. The molecule has 1 heteroatoms. The molecule has 0 heterocycles. The Balaban J connectivity index is 0.000000187. The van der Waals surface area contributed by atoms with Crippen LogP contribution in [0.4, 0.5) is 0 Å². The van der Waals surface area contributed by atoms with E-state index in [1.807, 2.05) is 50.2 Å². The Morgan fingerprint density at radius 3 is 1.09 bits per heavy atom. The van der Waals surface area contributed by atoms with Gasteiger partial charge in [0, 0.05) is 13.2 Å². The molecule has 0 saturated heterocycles. The average Bonchev–Trinajstić information content (AvgIpc) is 2.10. The molecular formula is C10H16O. The van der Waals surface area contributed by atoms with Gasteiger partial charge in [-0.15, -0.1) is 0 Å². The molecule has 62 valence electrons. The maximum Gasteiger partial charge on any atom is 0.0437 e. The van der Waals surface area contributed by atoms with Crippen molar-refractivity contribution in [2.24, 2.45) is 0 Å². The lowest BCUT2D eigenvalue weighted by Crippen LogP contribution is -1.84. The van der Waals surface area contributed by atoms with Crippen LogP contribution >= 0.6 is 0 Å². The summed E-state index contributed by atoms with van der Waals surface area (Å²) in [6.07, 6.45) is 0. The van der Waals surface area contributed by atoms with Crippen LogP contribution in [0.5, 0.6) is 0 Å². The summed E-state index contributed by atoms with van der Waals surface area (Å²) >= 11 is 0. The molecule has 1 aromatic carbocycles. The fourth-order valence-corrected chi connectivity index (χ4v) is 0.589. The maximum atomic E-state index is 4.83. The van der Waals surface area contributed by atoms with Crippen molar-refractivity contribution in [3.05, 3.63) is 36.4 Å². The third-order valence-electron chi connectivity index (χ3n) is 1.07. The van der Waals surface area contributed by atoms with E-state index < -0.39 is 0 Å². The molecule has 0 aliphatic rings. The van der Waals surface area contributed by atoms with E-state index >= 15 is 0 Å². The van der Waals surface area contributed by atoms with Crippen LogP contribution in [0.2, 0.25) is 0 Å². The molecule has 0 bridgehead atoms. The van der Waals surface area contributed by atoms with Crippen molar-refractivity contribution >= 4 is 0 Å². The summed E-state index contributed by atoms with van der Waals surface area (Å²) in [5.74, 6) is 0. The highest BCUT2D eigenvalue weighted by Crippen LogP contribution is 1.79. The molecule has 0 aromatic heterocycles. The Morgan fingerprint density at radius 1 is 0.727 bits per heavy atom. The summed E-state index contributed by atoms with van der Waals surface area (Å²) < 4.78 is 4.83. The molecule has 1 rings (SSSR count). The SMILES string of the molecule is CCOCC.c1ccccc1. The Kier molecular flexibility index (Phi) is 8.50. The zero-order chi connectivity index (χ0) is 8.36. The molecule has 1 nitrogen and oxygen atoms in total. The van der Waals surface area contributed by atoms with Crippen LogP contribution in [0.1, 0.15) is 13.8 Å². The highest BCUT2D eigenvalue weighted by molar-refractivity contribution is 4.99. The van der Waals surface area contributed by atoms with Crippen LogP contribution in [0.3, 0.4) is 0 Å². The maximum absolute atomic E-state index is 4.83. The normalized spacial score (nSPS) is 8.18. The minimum atomic E-state index is 0.844. The van der Waals surface area contributed by atoms with Crippen molar-refractivity contribution in [3.8, 4) is 0 Å². The van der Waals surface area contributed by atoms with E-state index in [0.717, 1.165) is 13.2 Å².